The summed E-state index contributed by atoms with van der Waals surface area (Å²) in [5.74, 6) is -9.07. The van der Waals surface area contributed by atoms with E-state index in [1.165, 1.54) is 12.0 Å². The van der Waals surface area contributed by atoms with E-state index in [1.54, 1.807) is 45.9 Å². The summed E-state index contributed by atoms with van der Waals surface area (Å²) in [6, 6.07) is -1.19. The highest BCUT2D eigenvalue weighted by molar-refractivity contribution is 6.39. The molecular formula is C62H95N3O17. The van der Waals surface area contributed by atoms with Gasteiger partial charge in [0.25, 0.3) is 11.7 Å². The summed E-state index contributed by atoms with van der Waals surface area (Å²) < 4.78 is 53.9. The number of likely N-dealkylation sites (N-methyl/N-ethyl adjacent to an activating group) is 1. The maximum absolute atomic E-state index is 14.9. The van der Waals surface area contributed by atoms with Crippen LogP contribution in [0.3, 0.4) is 0 Å². The van der Waals surface area contributed by atoms with Gasteiger partial charge in [0.15, 0.2) is 5.78 Å². The number of hydrogen-bond donors (Lipinski definition) is 2. The molecule has 6 heterocycles. The van der Waals surface area contributed by atoms with Crippen LogP contribution in [0.25, 0.3) is 0 Å². The zero-order chi connectivity index (χ0) is 59.3. The van der Waals surface area contributed by atoms with Crippen molar-refractivity contribution < 1.29 is 81.6 Å². The summed E-state index contributed by atoms with van der Waals surface area (Å²) in [5.41, 5.74) is 1.22. The average Bonchev–Trinajstić information content (AvgIpc) is 2.09. The number of esters is 1. The molecule has 2 amide bonds. The van der Waals surface area contributed by atoms with Crippen molar-refractivity contribution in [2.45, 2.75) is 173 Å². The van der Waals surface area contributed by atoms with Crippen LogP contribution < -0.4 is 0 Å². The van der Waals surface area contributed by atoms with Gasteiger partial charge < -0.3 is 62.6 Å². The number of ether oxygens (including phenoxy) is 9. The van der Waals surface area contributed by atoms with Crippen molar-refractivity contribution in [3.63, 3.8) is 0 Å². The number of nitrogens with zero attached hydrogens (tertiary/aromatic N) is 3. The molecule has 1 saturated carbocycles. The lowest BCUT2D eigenvalue weighted by molar-refractivity contribution is -0.266. The van der Waals surface area contributed by atoms with E-state index in [2.05, 4.69) is 4.90 Å². The second kappa shape index (κ2) is 30.7. The molecular weight excluding hydrogens is 1060 g/mol. The summed E-state index contributed by atoms with van der Waals surface area (Å²) in [6.07, 6.45) is 9.23. The number of Topliss-reactive ketones (excluding diaryl/α,β-unsaturated/α-hetero) is 3. The zero-order valence-electron chi connectivity index (χ0n) is 50.1. The quantitative estimate of drug-likeness (QED) is 0.146. The van der Waals surface area contributed by atoms with E-state index < -0.39 is 108 Å². The first-order chi connectivity index (χ1) is 39.2. The van der Waals surface area contributed by atoms with Crippen molar-refractivity contribution in [1.82, 2.24) is 14.7 Å². The molecule has 0 aromatic carbocycles. The summed E-state index contributed by atoms with van der Waals surface area (Å²) >= 11 is 0. The normalized spacial score (nSPS) is 39.5. The van der Waals surface area contributed by atoms with E-state index in [0.717, 1.165) is 18.7 Å². The van der Waals surface area contributed by atoms with Crippen LogP contribution in [0.15, 0.2) is 47.6 Å². The van der Waals surface area contributed by atoms with E-state index in [0.29, 0.717) is 109 Å². The third-order valence-corrected chi connectivity index (χ3v) is 18.4. The number of morpholine rings is 1. The number of aliphatic hydroxyl groups is 2. The summed E-state index contributed by atoms with van der Waals surface area (Å²) in [6.45, 7) is 16.5. The Balaban J connectivity index is 1.16. The minimum absolute atomic E-state index is 0.0182. The molecule has 0 spiro atoms. The highest BCUT2D eigenvalue weighted by Gasteiger charge is 2.57. The number of fused-ring (bicyclic) bond motifs is 4. The van der Waals surface area contributed by atoms with Gasteiger partial charge in [-0.2, -0.15) is 0 Å². The van der Waals surface area contributed by atoms with Gasteiger partial charge in [-0.15, -0.1) is 0 Å². The van der Waals surface area contributed by atoms with Crippen molar-refractivity contribution in [3.8, 4) is 0 Å². The largest absolute Gasteiger partial charge is 0.460 e. The fourth-order valence-electron chi connectivity index (χ4n) is 13.2. The third kappa shape index (κ3) is 16.8. The van der Waals surface area contributed by atoms with Crippen LogP contribution >= 0.6 is 0 Å². The standard InChI is InChI=1S/C62H95N3O17/c1-38-14-11-10-12-15-39(2)51(79-37-46-36-77-28-29-78-46)34-45-19-17-43(6)62(73,82-45)58(69)59(70)65-21-13-16-47-48(32-44-18-20-50(53(33-44)74-8)81-61(72)63(7)22-23-64-24-26-76-27-25-64)52(80-60(71)54(47)65)35-49(66)40(3)31-42(5)56(68)57(75-9)55(67)41(4)30-38/h10-12,14-15,31,38,40-41,43-48,50-54,56-57,68,73H,13,16-30,32-37H2,1-9H3/b12-10+,14-11+,39-15+,42-31+/t38-,40-,41-,43-,44+,45+,46?,47-,48?,50-,51?,52+,53-,54?,56-,57+,62-/m1/s1. The van der Waals surface area contributed by atoms with Gasteiger partial charge in [-0.1, -0.05) is 64.2 Å². The van der Waals surface area contributed by atoms with Crippen LogP contribution in [-0.4, -0.2) is 215 Å². The van der Waals surface area contributed by atoms with Gasteiger partial charge in [-0.25, -0.2) is 9.59 Å². The predicted octanol–water partition coefficient (Wildman–Crippen LogP) is 5.59. The Hall–Kier alpha value is -4.22. The Morgan fingerprint density at radius 2 is 1.62 bits per heavy atom. The van der Waals surface area contributed by atoms with Gasteiger partial charge in [0.05, 0.1) is 58.0 Å². The van der Waals surface area contributed by atoms with Gasteiger partial charge in [0.2, 0.25) is 5.79 Å². The van der Waals surface area contributed by atoms with Gasteiger partial charge in [-0.3, -0.25) is 24.1 Å². The molecule has 6 fully saturated rings. The number of allylic oxidation sites excluding steroid dienone is 6. The van der Waals surface area contributed by atoms with Crippen molar-refractivity contribution in [3.05, 3.63) is 47.6 Å². The number of piperidine rings is 1. The molecule has 82 heavy (non-hydrogen) atoms. The molecule has 7 rings (SSSR count). The molecule has 6 aliphatic heterocycles. The van der Waals surface area contributed by atoms with E-state index in [4.69, 9.17) is 42.6 Å². The molecule has 5 saturated heterocycles. The minimum Gasteiger partial charge on any atom is -0.460 e. The molecule has 4 bridgehead atoms. The Bertz CT molecular complexity index is 2290. The summed E-state index contributed by atoms with van der Waals surface area (Å²) in [5, 5.41) is 24.0. The average molecular weight is 1150 g/mol. The molecule has 460 valence electrons. The first-order valence-corrected chi connectivity index (χ1v) is 30.2. The number of amides is 2. The van der Waals surface area contributed by atoms with Crippen LogP contribution in [0.1, 0.15) is 112 Å². The Morgan fingerprint density at radius 3 is 2.34 bits per heavy atom. The molecule has 2 N–H and O–H groups in total. The van der Waals surface area contributed by atoms with E-state index >= 15 is 0 Å². The molecule has 20 nitrogen and oxygen atoms in total. The smallest absolute Gasteiger partial charge is 0.409 e. The zero-order valence-corrected chi connectivity index (χ0v) is 50.1. The van der Waals surface area contributed by atoms with Crippen molar-refractivity contribution in [2.75, 3.05) is 93.6 Å². The lowest BCUT2D eigenvalue weighted by Gasteiger charge is -2.50. The monoisotopic (exact) mass is 1150 g/mol. The molecule has 17 atom stereocenters. The lowest BCUT2D eigenvalue weighted by atomic mass is 9.68. The number of aliphatic hydroxyl groups excluding tert-OH is 1. The van der Waals surface area contributed by atoms with Crippen LogP contribution in [0.5, 0.6) is 0 Å². The first kappa shape index (κ1) is 65.3. The Morgan fingerprint density at radius 1 is 0.854 bits per heavy atom. The molecule has 0 aromatic heterocycles. The Kier molecular flexibility index (Phi) is 24.5. The topological polar surface area (TPSA) is 236 Å². The van der Waals surface area contributed by atoms with Gasteiger partial charge >= 0.3 is 12.1 Å². The van der Waals surface area contributed by atoms with E-state index in [1.807, 2.05) is 51.2 Å². The lowest BCUT2D eigenvalue weighted by Crippen LogP contribution is -2.65. The van der Waals surface area contributed by atoms with E-state index in [9.17, 15) is 39.0 Å². The minimum atomic E-state index is -2.51. The molecule has 4 unspecified atom stereocenters. The van der Waals surface area contributed by atoms with Crippen LogP contribution in [0, 0.1) is 41.4 Å². The number of carbonyl (C=O) groups excluding carboxylic acids is 6. The molecule has 0 radical (unpaired) electrons. The van der Waals surface area contributed by atoms with Crippen LogP contribution in [0.4, 0.5) is 4.79 Å². The highest BCUT2D eigenvalue weighted by atomic mass is 16.6. The number of methoxy groups -OCH3 is 2. The van der Waals surface area contributed by atoms with E-state index in [-0.39, 0.29) is 55.5 Å². The fraction of sp³-hybridized carbons (Fsp3) is 0.774. The van der Waals surface area contributed by atoms with Gasteiger partial charge in [0.1, 0.15) is 42.3 Å². The maximum atomic E-state index is 14.9. The van der Waals surface area contributed by atoms with Crippen molar-refractivity contribution >= 4 is 35.3 Å². The Labute approximate surface area is 485 Å². The number of carbonyl (C=O) groups is 6. The van der Waals surface area contributed by atoms with Crippen molar-refractivity contribution in [1.29, 1.82) is 0 Å². The molecule has 0 aromatic rings. The summed E-state index contributed by atoms with van der Waals surface area (Å²) in [4.78, 5) is 91.1. The van der Waals surface area contributed by atoms with Crippen LogP contribution in [0.2, 0.25) is 0 Å². The molecule has 20 heteroatoms. The molecule has 1 aliphatic carbocycles. The number of rotatable bonds is 11. The highest BCUT2D eigenvalue weighted by Crippen LogP contribution is 2.46. The summed E-state index contributed by atoms with van der Waals surface area (Å²) in [7, 11) is 4.70. The fourth-order valence-corrected chi connectivity index (χ4v) is 13.2. The van der Waals surface area contributed by atoms with Crippen LogP contribution in [-0.2, 0) is 66.6 Å². The number of hydrogen-bond acceptors (Lipinski definition) is 18. The second-order valence-corrected chi connectivity index (χ2v) is 24.4. The second-order valence-electron chi connectivity index (χ2n) is 24.4. The number of ketones is 3. The third-order valence-electron chi connectivity index (χ3n) is 18.4. The maximum Gasteiger partial charge on any atom is 0.409 e. The van der Waals surface area contributed by atoms with Gasteiger partial charge in [-0.05, 0) is 101 Å². The molecule has 7 aliphatic rings. The van der Waals surface area contributed by atoms with Gasteiger partial charge in [0, 0.05) is 90.5 Å². The SMILES string of the molecule is CO[C@@H]1C[C@H](CC2[C@H]3CCCN4C(=O)C(=O)[C@]5(O)O[C@@H](CC[C@H]5C)CC(OCC5COCCO5)/C(C)=C/C=C/C=C/[C@@H](C)C[C@@H](C)C(=O)[C@H](OC)[C@H](O)/C(C)=C/[C@@H](C)C(=O)C[C@@H]2OC(=O)C34)CC[C@H]1OC(=O)N(C)CCN1CCOCC1. The first-order valence-electron chi connectivity index (χ1n) is 30.2. The van der Waals surface area contributed by atoms with Crippen molar-refractivity contribution in [2.24, 2.45) is 41.4 Å². The predicted molar refractivity (Wildman–Crippen MR) is 302 cm³/mol.